The monoisotopic (exact) mass is 355 g/mol. The molecule has 0 heterocycles. The van der Waals surface area contributed by atoms with E-state index < -0.39 is 18.8 Å². The van der Waals surface area contributed by atoms with E-state index in [9.17, 15) is 13.2 Å². The van der Waals surface area contributed by atoms with Gasteiger partial charge in [-0.05, 0) is 31.0 Å². The molecule has 0 bridgehead atoms. The Kier molecular flexibility index (Phi) is 5.85. The molecule has 0 radical (unpaired) electrons. The van der Waals surface area contributed by atoms with E-state index in [2.05, 4.69) is 20.7 Å². The quantitative estimate of drug-likeness (QED) is 0.876. The lowest BCUT2D eigenvalue weighted by Crippen LogP contribution is -2.24. The third-order valence-electron chi connectivity index (χ3n) is 2.85. The number of alkyl halides is 3. The fraction of sp³-hybridized carbons (Fsp3) is 0.538. The fourth-order valence-electron chi connectivity index (χ4n) is 1.98. The zero-order chi connectivity index (χ0) is 15.5. The van der Waals surface area contributed by atoms with Gasteiger partial charge in [0.05, 0.1) is 19.8 Å². The minimum atomic E-state index is -4.36. The number of rotatable bonds is 5. The summed E-state index contributed by atoms with van der Waals surface area (Å²) in [7, 11) is 1.50. The number of aryl methyl sites for hydroxylation is 1. The summed E-state index contributed by atoms with van der Waals surface area (Å²) in [6.45, 7) is 2.13. The van der Waals surface area contributed by atoms with Gasteiger partial charge in [0, 0.05) is 10.0 Å². The number of hydrogen-bond donors (Lipinski definition) is 1. The van der Waals surface area contributed by atoms with Crippen LogP contribution in [0.1, 0.15) is 22.7 Å². The number of halogens is 4. The Morgan fingerprint density at radius 2 is 1.95 bits per heavy atom. The number of methoxy groups -OCH3 is 1. The zero-order valence-corrected chi connectivity index (χ0v) is 13.1. The van der Waals surface area contributed by atoms with Gasteiger partial charge in [-0.3, -0.25) is 0 Å². The highest BCUT2D eigenvalue weighted by Crippen LogP contribution is 2.35. The molecule has 7 heteroatoms. The van der Waals surface area contributed by atoms with Crippen LogP contribution in [0, 0.1) is 13.8 Å². The van der Waals surface area contributed by atoms with Crippen LogP contribution in [0.5, 0.6) is 5.75 Å². The van der Waals surface area contributed by atoms with Gasteiger partial charge < -0.3 is 15.2 Å². The van der Waals surface area contributed by atoms with Crippen molar-refractivity contribution in [3.8, 4) is 5.75 Å². The molecule has 0 saturated heterocycles. The van der Waals surface area contributed by atoms with Gasteiger partial charge in [-0.15, -0.1) is 0 Å². The Bertz CT molecular complexity index is 478. The topological polar surface area (TPSA) is 44.5 Å². The lowest BCUT2D eigenvalue weighted by atomic mass is 9.98. The van der Waals surface area contributed by atoms with E-state index in [1.165, 1.54) is 7.11 Å². The van der Waals surface area contributed by atoms with Gasteiger partial charge >= 0.3 is 6.18 Å². The summed E-state index contributed by atoms with van der Waals surface area (Å²) in [6, 6.07) is 1.18. The van der Waals surface area contributed by atoms with E-state index in [4.69, 9.17) is 10.5 Å². The third kappa shape index (κ3) is 4.36. The van der Waals surface area contributed by atoms with E-state index in [1.54, 1.807) is 0 Å². The van der Waals surface area contributed by atoms with Gasteiger partial charge in [-0.1, -0.05) is 15.9 Å². The maximum Gasteiger partial charge on any atom is 0.411 e. The molecular weight excluding hydrogens is 339 g/mol. The Balaban J connectivity index is 2.94. The molecule has 0 aliphatic heterocycles. The summed E-state index contributed by atoms with van der Waals surface area (Å²) in [4.78, 5) is 0. The SMILES string of the molecule is COc1c(C)cc(Br)c(C)c1C(N)COCC(F)(F)F. The Labute approximate surface area is 124 Å². The molecule has 0 aromatic heterocycles. The van der Waals surface area contributed by atoms with Gasteiger partial charge in [-0.25, -0.2) is 0 Å². The van der Waals surface area contributed by atoms with Crippen molar-refractivity contribution in [1.29, 1.82) is 0 Å². The van der Waals surface area contributed by atoms with Crippen LogP contribution in [0.15, 0.2) is 10.5 Å². The maximum atomic E-state index is 12.1. The Hall–Kier alpha value is -0.790. The number of benzene rings is 1. The first-order valence-corrected chi connectivity index (χ1v) is 6.70. The molecular formula is C13H17BrF3NO2. The molecule has 20 heavy (non-hydrogen) atoms. The number of hydrogen-bond acceptors (Lipinski definition) is 3. The molecule has 3 nitrogen and oxygen atoms in total. The average molecular weight is 356 g/mol. The highest BCUT2D eigenvalue weighted by Gasteiger charge is 2.28. The van der Waals surface area contributed by atoms with Crippen LogP contribution >= 0.6 is 15.9 Å². The molecule has 1 aromatic carbocycles. The van der Waals surface area contributed by atoms with Crippen LogP contribution in [-0.4, -0.2) is 26.5 Å². The van der Waals surface area contributed by atoms with E-state index >= 15 is 0 Å². The minimum absolute atomic E-state index is 0.230. The standard InChI is InChI=1S/C13H17BrF3NO2/c1-7-4-9(14)8(2)11(12(7)19-3)10(18)5-20-6-13(15,16)17/h4,10H,5-6,18H2,1-3H3. The van der Waals surface area contributed by atoms with Gasteiger partial charge in [0.25, 0.3) is 0 Å². The van der Waals surface area contributed by atoms with Crippen LogP contribution in [0.2, 0.25) is 0 Å². The van der Waals surface area contributed by atoms with Crippen molar-refractivity contribution in [3.63, 3.8) is 0 Å². The molecule has 1 aromatic rings. The summed E-state index contributed by atoms with van der Waals surface area (Å²) in [5.74, 6) is 0.578. The van der Waals surface area contributed by atoms with Gasteiger partial charge in [0.15, 0.2) is 0 Å². The van der Waals surface area contributed by atoms with Crippen molar-refractivity contribution in [2.45, 2.75) is 26.1 Å². The average Bonchev–Trinajstić information content (AvgIpc) is 2.31. The predicted molar refractivity (Wildman–Crippen MR) is 74.0 cm³/mol. The Morgan fingerprint density at radius 1 is 1.35 bits per heavy atom. The minimum Gasteiger partial charge on any atom is -0.496 e. The van der Waals surface area contributed by atoms with E-state index in [0.717, 1.165) is 15.6 Å². The van der Waals surface area contributed by atoms with Crippen molar-refractivity contribution in [1.82, 2.24) is 0 Å². The van der Waals surface area contributed by atoms with E-state index in [1.807, 2.05) is 19.9 Å². The van der Waals surface area contributed by atoms with E-state index in [-0.39, 0.29) is 6.61 Å². The fourth-order valence-corrected chi connectivity index (χ4v) is 2.53. The first-order valence-electron chi connectivity index (χ1n) is 5.91. The number of nitrogens with two attached hydrogens (primary N) is 1. The van der Waals surface area contributed by atoms with Crippen molar-refractivity contribution in [2.24, 2.45) is 5.73 Å². The van der Waals surface area contributed by atoms with Crippen LogP contribution < -0.4 is 10.5 Å². The summed E-state index contributed by atoms with van der Waals surface area (Å²) in [5, 5.41) is 0. The molecule has 0 amide bonds. The molecule has 0 aliphatic carbocycles. The molecule has 2 N–H and O–H groups in total. The van der Waals surface area contributed by atoms with Gasteiger partial charge in [0.2, 0.25) is 0 Å². The third-order valence-corrected chi connectivity index (χ3v) is 3.67. The molecule has 0 fully saturated rings. The van der Waals surface area contributed by atoms with Crippen molar-refractivity contribution in [3.05, 3.63) is 27.2 Å². The second-order valence-electron chi connectivity index (χ2n) is 4.48. The number of ether oxygens (including phenoxy) is 2. The van der Waals surface area contributed by atoms with Crippen LogP contribution in [0.4, 0.5) is 13.2 Å². The normalized spacial score (nSPS) is 13.4. The highest BCUT2D eigenvalue weighted by atomic mass is 79.9. The second-order valence-corrected chi connectivity index (χ2v) is 5.34. The lowest BCUT2D eigenvalue weighted by molar-refractivity contribution is -0.174. The predicted octanol–water partition coefficient (Wildman–Crippen LogP) is 3.65. The molecule has 114 valence electrons. The second kappa shape index (κ2) is 6.78. The smallest absolute Gasteiger partial charge is 0.411 e. The van der Waals surface area contributed by atoms with Crippen LogP contribution in [0.25, 0.3) is 0 Å². The van der Waals surface area contributed by atoms with Crippen molar-refractivity contribution < 1.29 is 22.6 Å². The molecule has 0 spiro atoms. The van der Waals surface area contributed by atoms with Crippen molar-refractivity contribution >= 4 is 15.9 Å². The van der Waals surface area contributed by atoms with E-state index in [0.29, 0.717) is 11.3 Å². The summed E-state index contributed by atoms with van der Waals surface area (Å²) in [6.07, 6.45) is -4.36. The Morgan fingerprint density at radius 3 is 2.45 bits per heavy atom. The lowest BCUT2D eigenvalue weighted by Gasteiger charge is -2.21. The van der Waals surface area contributed by atoms with Gasteiger partial charge in [-0.2, -0.15) is 13.2 Å². The summed E-state index contributed by atoms with van der Waals surface area (Å²) < 4.78 is 47.0. The summed E-state index contributed by atoms with van der Waals surface area (Å²) in [5.41, 5.74) is 8.28. The zero-order valence-electron chi connectivity index (χ0n) is 11.5. The van der Waals surface area contributed by atoms with Crippen LogP contribution in [0.3, 0.4) is 0 Å². The van der Waals surface area contributed by atoms with Crippen molar-refractivity contribution in [2.75, 3.05) is 20.3 Å². The molecule has 1 rings (SSSR count). The first kappa shape index (κ1) is 17.3. The van der Waals surface area contributed by atoms with Gasteiger partial charge in [0.1, 0.15) is 12.4 Å². The van der Waals surface area contributed by atoms with Crippen LogP contribution in [-0.2, 0) is 4.74 Å². The first-order chi connectivity index (χ1) is 9.17. The highest BCUT2D eigenvalue weighted by molar-refractivity contribution is 9.10. The molecule has 0 aliphatic rings. The maximum absolute atomic E-state index is 12.1. The molecule has 1 unspecified atom stereocenters. The summed E-state index contributed by atoms with van der Waals surface area (Å²) >= 11 is 3.40. The largest absolute Gasteiger partial charge is 0.496 e. The molecule has 0 saturated carbocycles. The molecule has 1 atom stereocenters.